The molecule has 4 rings (SSSR count). The lowest BCUT2D eigenvalue weighted by atomic mass is 9.98. The van der Waals surface area contributed by atoms with Gasteiger partial charge in [-0.05, 0) is 68.2 Å². The first-order valence-corrected chi connectivity index (χ1v) is 10.9. The number of ether oxygens (including phenoxy) is 1. The van der Waals surface area contributed by atoms with Gasteiger partial charge in [-0.3, -0.25) is 9.59 Å². The Kier molecular flexibility index (Phi) is 6.83. The number of nitriles is 1. The third kappa shape index (κ3) is 5.16. The van der Waals surface area contributed by atoms with Gasteiger partial charge >= 0.3 is 0 Å². The average molecular weight is 431 g/mol. The molecule has 2 N–H and O–H groups in total. The quantitative estimate of drug-likeness (QED) is 0.504. The summed E-state index contributed by atoms with van der Waals surface area (Å²) in [5.74, 6) is 1.47. The molecular formula is C25H26N4O3. The van der Waals surface area contributed by atoms with Crippen molar-refractivity contribution in [3.63, 3.8) is 0 Å². The van der Waals surface area contributed by atoms with Crippen molar-refractivity contribution in [2.24, 2.45) is 5.92 Å². The summed E-state index contributed by atoms with van der Waals surface area (Å²) < 4.78 is 5.88. The summed E-state index contributed by atoms with van der Waals surface area (Å²) in [5.41, 5.74) is 0.823. The topological polar surface area (TPSA) is 94.5 Å². The van der Waals surface area contributed by atoms with Gasteiger partial charge in [-0.1, -0.05) is 18.2 Å². The fourth-order valence-electron chi connectivity index (χ4n) is 3.90. The molecule has 0 amide bonds. The van der Waals surface area contributed by atoms with Crippen molar-refractivity contribution < 1.29 is 4.74 Å². The lowest BCUT2D eigenvalue weighted by molar-refractivity contribution is 0.144. The molecule has 1 aliphatic rings. The predicted octanol–water partition coefficient (Wildman–Crippen LogP) is 3.10. The van der Waals surface area contributed by atoms with Crippen LogP contribution < -0.4 is 26.2 Å². The van der Waals surface area contributed by atoms with Crippen molar-refractivity contribution in [1.82, 2.24) is 4.90 Å². The maximum atomic E-state index is 12.0. The van der Waals surface area contributed by atoms with E-state index in [-0.39, 0.29) is 5.69 Å². The van der Waals surface area contributed by atoms with Crippen LogP contribution in [0.2, 0.25) is 0 Å². The molecule has 7 heteroatoms. The van der Waals surface area contributed by atoms with E-state index in [0.29, 0.717) is 29.4 Å². The molecule has 1 fully saturated rings. The fourth-order valence-corrected chi connectivity index (χ4v) is 3.90. The van der Waals surface area contributed by atoms with Gasteiger partial charge in [-0.15, -0.1) is 0 Å². The number of likely N-dealkylation sites (tertiary alicyclic amines) is 1. The van der Waals surface area contributed by atoms with Crippen LogP contribution in [-0.2, 0) is 0 Å². The van der Waals surface area contributed by atoms with E-state index in [9.17, 15) is 9.59 Å². The van der Waals surface area contributed by atoms with Crippen molar-refractivity contribution in [2.45, 2.75) is 12.8 Å². The first kappa shape index (κ1) is 21.6. The Hall–Kier alpha value is -3.63. The van der Waals surface area contributed by atoms with Crippen LogP contribution in [0.1, 0.15) is 18.4 Å². The number of nitrogens with zero attached hydrogens (tertiary/aromatic N) is 2. The van der Waals surface area contributed by atoms with Crippen LogP contribution in [0.25, 0.3) is 0 Å². The molecule has 0 bridgehead atoms. The zero-order chi connectivity index (χ0) is 22.3. The Morgan fingerprint density at radius 3 is 2.34 bits per heavy atom. The summed E-state index contributed by atoms with van der Waals surface area (Å²) in [6.07, 6.45) is 2.16. The molecule has 0 saturated carbocycles. The summed E-state index contributed by atoms with van der Waals surface area (Å²) >= 11 is 0. The van der Waals surface area contributed by atoms with Crippen LogP contribution >= 0.6 is 0 Å². The molecule has 1 saturated heterocycles. The maximum absolute atomic E-state index is 12.0. The number of piperidine rings is 1. The standard InChI is InChI=1S/C25H26N4O3/c26-16-18-6-8-20(9-7-18)28-23-22(24(30)25(23)31)27-12-15-29-13-10-19(11-14-29)17-32-21-4-2-1-3-5-21/h1-9,19,27-28H,10-15,17H2. The van der Waals surface area contributed by atoms with Crippen molar-refractivity contribution in [2.75, 3.05) is 43.4 Å². The second-order valence-electron chi connectivity index (χ2n) is 8.06. The van der Waals surface area contributed by atoms with Gasteiger partial charge in [0.15, 0.2) is 0 Å². The molecule has 0 atom stereocenters. The SMILES string of the molecule is N#Cc1ccc(Nc2c(NCCN3CCC(COc4ccccc4)CC3)c(=O)c2=O)cc1. The van der Waals surface area contributed by atoms with Gasteiger partial charge in [0.2, 0.25) is 0 Å². The zero-order valence-corrected chi connectivity index (χ0v) is 17.8. The van der Waals surface area contributed by atoms with Crippen LogP contribution in [-0.4, -0.2) is 37.7 Å². The molecule has 164 valence electrons. The van der Waals surface area contributed by atoms with E-state index >= 15 is 0 Å². The lowest BCUT2D eigenvalue weighted by Crippen LogP contribution is -2.40. The summed E-state index contributed by atoms with van der Waals surface area (Å²) in [6.45, 7) is 4.13. The van der Waals surface area contributed by atoms with Gasteiger partial charge in [0.05, 0.1) is 18.2 Å². The van der Waals surface area contributed by atoms with Crippen LogP contribution in [0, 0.1) is 17.2 Å². The van der Waals surface area contributed by atoms with Gasteiger partial charge in [-0.2, -0.15) is 5.26 Å². The van der Waals surface area contributed by atoms with E-state index in [4.69, 9.17) is 10.00 Å². The Morgan fingerprint density at radius 1 is 0.969 bits per heavy atom. The Balaban J connectivity index is 1.21. The molecular weight excluding hydrogens is 404 g/mol. The molecule has 7 nitrogen and oxygen atoms in total. The van der Waals surface area contributed by atoms with Crippen LogP contribution in [0.3, 0.4) is 0 Å². The molecule has 0 spiro atoms. The Labute approximate surface area is 186 Å². The van der Waals surface area contributed by atoms with Crippen molar-refractivity contribution in [3.8, 4) is 11.8 Å². The first-order valence-electron chi connectivity index (χ1n) is 10.9. The summed E-state index contributed by atoms with van der Waals surface area (Å²) in [4.78, 5) is 26.3. The molecule has 0 aromatic heterocycles. The number of hydrogen-bond acceptors (Lipinski definition) is 7. The highest BCUT2D eigenvalue weighted by Gasteiger charge is 2.22. The number of anilines is 3. The van der Waals surface area contributed by atoms with Crippen molar-refractivity contribution in [3.05, 3.63) is 80.6 Å². The number of nitrogens with one attached hydrogen (secondary N) is 2. The van der Waals surface area contributed by atoms with Gasteiger partial charge in [0, 0.05) is 18.8 Å². The molecule has 1 aliphatic heterocycles. The van der Waals surface area contributed by atoms with Gasteiger partial charge in [0.25, 0.3) is 10.9 Å². The highest BCUT2D eigenvalue weighted by Crippen LogP contribution is 2.22. The van der Waals surface area contributed by atoms with E-state index in [2.05, 4.69) is 21.6 Å². The molecule has 0 aliphatic carbocycles. The predicted molar refractivity (Wildman–Crippen MR) is 125 cm³/mol. The summed E-state index contributed by atoms with van der Waals surface area (Å²) in [5, 5.41) is 15.0. The van der Waals surface area contributed by atoms with Crippen LogP contribution in [0.4, 0.5) is 17.1 Å². The molecule has 32 heavy (non-hydrogen) atoms. The maximum Gasteiger partial charge on any atom is 0.253 e. The minimum atomic E-state index is -0.518. The normalized spacial score (nSPS) is 14.7. The number of rotatable bonds is 9. The van der Waals surface area contributed by atoms with Gasteiger partial charge < -0.3 is 20.3 Å². The monoisotopic (exact) mass is 430 g/mol. The van der Waals surface area contributed by atoms with E-state index < -0.39 is 10.9 Å². The van der Waals surface area contributed by atoms with E-state index in [0.717, 1.165) is 44.8 Å². The van der Waals surface area contributed by atoms with Gasteiger partial charge in [0.1, 0.15) is 17.1 Å². The van der Waals surface area contributed by atoms with Crippen LogP contribution in [0.15, 0.2) is 64.2 Å². The molecule has 3 aromatic carbocycles. The third-order valence-corrected chi connectivity index (χ3v) is 5.86. The van der Waals surface area contributed by atoms with Crippen LogP contribution in [0.5, 0.6) is 5.75 Å². The van der Waals surface area contributed by atoms with E-state index in [1.165, 1.54) is 0 Å². The van der Waals surface area contributed by atoms with Crippen molar-refractivity contribution in [1.29, 1.82) is 5.26 Å². The minimum Gasteiger partial charge on any atom is -0.493 e. The zero-order valence-electron chi connectivity index (χ0n) is 17.8. The number of hydrogen-bond donors (Lipinski definition) is 2. The number of benzene rings is 2. The molecule has 1 heterocycles. The fraction of sp³-hybridized carbons (Fsp3) is 0.320. The molecule has 3 aromatic rings. The highest BCUT2D eigenvalue weighted by atomic mass is 16.5. The lowest BCUT2D eigenvalue weighted by Gasteiger charge is -2.32. The smallest absolute Gasteiger partial charge is 0.253 e. The summed E-state index contributed by atoms with van der Waals surface area (Å²) in [7, 11) is 0. The third-order valence-electron chi connectivity index (χ3n) is 5.86. The second kappa shape index (κ2) is 10.1. The van der Waals surface area contributed by atoms with E-state index in [1.807, 2.05) is 30.3 Å². The van der Waals surface area contributed by atoms with E-state index in [1.54, 1.807) is 24.3 Å². The average Bonchev–Trinajstić information content (AvgIpc) is 2.85. The number of para-hydroxylation sites is 1. The Bertz CT molecular complexity index is 1140. The van der Waals surface area contributed by atoms with Crippen molar-refractivity contribution >= 4 is 17.1 Å². The second-order valence-corrected chi connectivity index (χ2v) is 8.06. The minimum absolute atomic E-state index is 0.288. The largest absolute Gasteiger partial charge is 0.493 e. The first-order chi connectivity index (χ1) is 15.6. The Morgan fingerprint density at radius 2 is 1.66 bits per heavy atom. The summed E-state index contributed by atoms with van der Waals surface area (Å²) in [6, 6.07) is 18.7. The van der Waals surface area contributed by atoms with Gasteiger partial charge in [-0.25, -0.2) is 0 Å². The highest BCUT2D eigenvalue weighted by molar-refractivity contribution is 5.78. The molecule has 0 radical (unpaired) electrons. The molecule has 0 unspecified atom stereocenters.